The summed E-state index contributed by atoms with van der Waals surface area (Å²) in [5, 5.41) is 3.52. The third-order valence-electron chi connectivity index (χ3n) is 2.80. The van der Waals surface area contributed by atoms with E-state index in [1.54, 1.807) is 19.2 Å². The van der Waals surface area contributed by atoms with Crippen LogP contribution in [-0.4, -0.2) is 32.8 Å². The Morgan fingerprint density at radius 2 is 2.10 bits per heavy atom. The number of nitrogens with two attached hydrogens (primary N) is 1. The van der Waals surface area contributed by atoms with E-state index < -0.39 is 0 Å². The molecule has 0 radical (unpaired) electrons. The third kappa shape index (κ3) is 7.20. The standard InChI is InChI=1S/C15H24ClN3O2/c1-3-4-9-21-10-5-8-18-15(17)19-12-6-7-14(20-2)13(16)11-12/h6-7,11H,3-5,8-10H2,1-2H3,(H3,17,18,19). The maximum absolute atomic E-state index is 6.04. The van der Waals surface area contributed by atoms with Gasteiger partial charge in [-0.05, 0) is 31.0 Å². The van der Waals surface area contributed by atoms with Crippen LogP contribution in [0, 0.1) is 0 Å². The van der Waals surface area contributed by atoms with Gasteiger partial charge in [-0.25, -0.2) is 0 Å². The summed E-state index contributed by atoms with van der Waals surface area (Å²) in [6.45, 7) is 4.31. The first kappa shape index (κ1) is 17.6. The zero-order valence-corrected chi connectivity index (χ0v) is 13.4. The highest BCUT2D eigenvalue weighted by Gasteiger charge is 2.02. The Labute approximate surface area is 131 Å². The number of halogens is 1. The summed E-state index contributed by atoms with van der Waals surface area (Å²) in [5.41, 5.74) is 6.59. The van der Waals surface area contributed by atoms with Crippen LogP contribution >= 0.6 is 11.6 Å². The van der Waals surface area contributed by atoms with Crippen molar-refractivity contribution >= 4 is 23.2 Å². The fraction of sp³-hybridized carbons (Fsp3) is 0.533. The molecule has 3 N–H and O–H groups in total. The number of aliphatic imine (C=N–C) groups is 1. The second kappa shape index (κ2) is 10.3. The molecule has 0 atom stereocenters. The molecule has 0 aromatic heterocycles. The van der Waals surface area contributed by atoms with Crippen LogP contribution in [0.3, 0.4) is 0 Å². The highest BCUT2D eigenvalue weighted by atomic mass is 35.5. The summed E-state index contributed by atoms with van der Waals surface area (Å²) in [6, 6.07) is 5.36. The van der Waals surface area contributed by atoms with Crippen LogP contribution in [0.15, 0.2) is 23.2 Å². The molecular formula is C15H24ClN3O2. The quantitative estimate of drug-likeness (QED) is 0.417. The van der Waals surface area contributed by atoms with Crippen LogP contribution < -0.4 is 15.8 Å². The molecule has 0 fully saturated rings. The van der Waals surface area contributed by atoms with Gasteiger partial charge in [0, 0.05) is 25.4 Å². The molecule has 0 amide bonds. The number of nitrogens with zero attached hydrogens (tertiary/aromatic N) is 1. The Kier molecular flexibility index (Phi) is 8.62. The predicted octanol–water partition coefficient (Wildman–Crippen LogP) is 3.28. The minimum Gasteiger partial charge on any atom is -0.495 e. The molecule has 0 aliphatic carbocycles. The summed E-state index contributed by atoms with van der Waals surface area (Å²) in [5.74, 6) is 0.992. The highest BCUT2D eigenvalue weighted by molar-refractivity contribution is 6.32. The third-order valence-corrected chi connectivity index (χ3v) is 3.09. The van der Waals surface area contributed by atoms with Gasteiger partial charge in [0.25, 0.3) is 0 Å². The maximum atomic E-state index is 6.04. The van der Waals surface area contributed by atoms with Gasteiger partial charge >= 0.3 is 0 Å². The molecule has 0 heterocycles. The number of hydrogen-bond donors (Lipinski definition) is 2. The van der Waals surface area contributed by atoms with Crippen molar-refractivity contribution < 1.29 is 9.47 Å². The number of anilines is 1. The summed E-state index contributed by atoms with van der Waals surface area (Å²) >= 11 is 6.04. The molecule has 0 saturated carbocycles. The van der Waals surface area contributed by atoms with Crippen LogP contribution in [0.2, 0.25) is 5.02 Å². The molecule has 0 bridgehead atoms. The highest BCUT2D eigenvalue weighted by Crippen LogP contribution is 2.26. The van der Waals surface area contributed by atoms with E-state index in [0.717, 1.165) is 31.6 Å². The molecule has 118 valence electrons. The normalized spacial score (nSPS) is 11.5. The fourth-order valence-electron chi connectivity index (χ4n) is 1.65. The molecule has 0 aliphatic heterocycles. The summed E-state index contributed by atoms with van der Waals surface area (Å²) in [4.78, 5) is 4.24. The number of rotatable bonds is 9. The lowest BCUT2D eigenvalue weighted by Crippen LogP contribution is -2.23. The molecule has 21 heavy (non-hydrogen) atoms. The summed E-state index contributed by atoms with van der Waals surface area (Å²) in [7, 11) is 1.58. The van der Waals surface area contributed by atoms with Gasteiger partial charge in [-0.3, -0.25) is 4.99 Å². The largest absolute Gasteiger partial charge is 0.495 e. The van der Waals surface area contributed by atoms with E-state index in [2.05, 4.69) is 17.2 Å². The topological polar surface area (TPSA) is 68.9 Å². The Balaban J connectivity index is 2.30. The molecule has 5 nitrogen and oxygen atoms in total. The molecule has 0 saturated heterocycles. The van der Waals surface area contributed by atoms with E-state index in [1.165, 1.54) is 0 Å². The molecule has 0 aliphatic rings. The number of hydrogen-bond acceptors (Lipinski definition) is 3. The van der Waals surface area contributed by atoms with Crippen LogP contribution in [0.1, 0.15) is 26.2 Å². The van der Waals surface area contributed by atoms with Gasteiger partial charge in [-0.2, -0.15) is 0 Å². The zero-order valence-electron chi connectivity index (χ0n) is 12.7. The lowest BCUT2D eigenvalue weighted by molar-refractivity contribution is 0.130. The van der Waals surface area contributed by atoms with E-state index in [0.29, 0.717) is 29.9 Å². The van der Waals surface area contributed by atoms with Crippen LogP contribution in [-0.2, 0) is 4.74 Å². The Morgan fingerprint density at radius 1 is 1.33 bits per heavy atom. The van der Waals surface area contributed by atoms with Crippen molar-refractivity contribution in [2.75, 3.05) is 32.2 Å². The van der Waals surface area contributed by atoms with Crippen LogP contribution in [0.5, 0.6) is 5.75 Å². The van der Waals surface area contributed by atoms with Gasteiger partial charge in [-0.1, -0.05) is 24.9 Å². The Hall–Kier alpha value is -1.46. The van der Waals surface area contributed by atoms with Crippen molar-refractivity contribution in [3.8, 4) is 5.75 Å². The number of guanidine groups is 1. The molecule has 0 unspecified atom stereocenters. The van der Waals surface area contributed by atoms with Gasteiger partial charge in [0.05, 0.1) is 12.1 Å². The second-order valence-corrected chi connectivity index (χ2v) is 4.97. The van der Waals surface area contributed by atoms with E-state index >= 15 is 0 Å². The number of unbranched alkanes of at least 4 members (excludes halogenated alkanes) is 1. The van der Waals surface area contributed by atoms with E-state index in [9.17, 15) is 0 Å². The van der Waals surface area contributed by atoms with Crippen molar-refractivity contribution in [3.63, 3.8) is 0 Å². The van der Waals surface area contributed by atoms with Crippen molar-refractivity contribution in [1.29, 1.82) is 0 Å². The fourth-order valence-corrected chi connectivity index (χ4v) is 1.90. The first-order valence-electron chi connectivity index (χ1n) is 7.15. The summed E-state index contributed by atoms with van der Waals surface area (Å²) in [6.07, 6.45) is 3.11. The molecule has 6 heteroatoms. The first-order chi connectivity index (χ1) is 10.2. The smallest absolute Gasteiger partial charge is 0.193 e. The van der Waals surface area contributed by atoms with Gasteiger partial charge in [0.15, 0.2) is 5.96 Å². The average molecular weight is 314 g/mol. The minimum absolute atomic E-state index is 0.366. The van der Waals surface area contributed by atoms with Crippen molar-refractivity contribution in [1.82, 2.24) is 0 Å². The maximum Gasteiger partial charge on any atom is 0.193 e. The molecule has 1 aromatic rings. The predicted molar refractivity (Wildman–Crippen MR) is 88.5 cm³/mol. The van der Waals surface area contributed by atoms with E-state index in [-0.39, 0.29) is 0 Å². The van der Waals surface area contributed by atoms with Gasteiger partial charge < -0.3 is 20.5 Å². The van der Waals surface area contributed by atoms with E-state index in [4.69, 9.17) is 26.8 Å². The van der Waals surface area contributed by atoms with Gasteiger partial charge in [-0.15, -0.1) is 0 Å². The van der Waals surface area contributed by atoms with Crippen LogP contribution in [0.4, 0.5) is 5.69 Å². The molecule has 0 spiro atoms. The van der Waals surface area contributed by atoms with Crippen LogP contribution in [0.25, 0.3) is 0 Å². The van der Waals surface area contributed by atoms with Crippen molar-refractivity contribution in [2.45, 2.75) is 26.2 Å². The lowest BCUT2D eigenvalue weighted by atomic mass is 10.3. The number of benzene rings is 1. The number of methoxy groups -OCH3 is 1. The second-order valence-electron chi connectivity index (χ2n) is 4.56. The zero-order chi connectivity index (χ0) is 15.5. The SMILES string of the molecule is CCCCOCCCN=C(N)Nc1ccc(OC)c(Cl)c1. The van der Waals surface area contributed by atoms with Crippen molar-refractivity contribution in [2.24, 2.45) is 10.7 Å². The Bertz CT molecular complexity index is 453. The Morgan fingerprint density at radius 3 is 2.76 bits per heavy atom. The minimum atomic E-state index is 0.366. The lowest BCUT2D eigenvalue weighted by Gasteiger charge is -2.08. The molecular weight excluding hydrogens is 290 g/mol. The summed E-state index contributed by atoms with van der Waals surface area (Å²) < 4.78 is 10.5. The van der Waals surface area contributed by atoms with Crippen molar-refractivity contribution in [3.05, 3.63) is 23.2 Å². The average Bonchev–Trinajstić information content (AvgIpc) is 2.46. The van der Waals surface area contributed by atoms with Gasteiger partial charge in [0.2, 0.25) is 0 Å². The van der Waals surface area contributed by atoms with E-state index in [1.807, 2.05) is 6.07 Å². The molecule has 1 aromatic carbocycles. The monoisotopic (exact) mass is 313 g/mol. The first-order valence-corrected chi connectivity index (χ1v) is 7.53. The van der Waals surface area contributed by atoms with Gasteiger partial charge in [0.1, 0.15) is 5.75 Å². The number of nitrogens with one attached hydrogen (secondary N) is 1. The molecule has 1 rings (SSSR count). The number of ether oxygens (including phenoxy) is 2.